The van der Waals surface area contributed by atoms with Crippen molar-refractivity contribution in [3.05, 3.63) is 11.9 Å². The molecule has 6 heteroatoms. The van der Waals surface area contributed by atoms with Crippen molar-refractivity contribution in [1.82, 2.24) is 9.97 Å². The fourth-order valence-corrected chi connectivity index (χ4v) is 1.19. The van der Waals surface area contributed by atoms with Crippen LogP contribution in [0.1, 0.15) is 12.7 Å². The molecule has 0 aliphatic carbocycles. The van der Waals surface area contributed by atoms with E-state index in [0.717, 1.165) is 0 Å². The second-order valence-corrected chi connectivity index (χ2v) is 3.28. The lowest BCUT2D eigenvalue weighted by atomic mass is 10.3. The zero-order chi connectivity index (χ0) is 12.0. The highest BCUT2D eigenvalue weighted by Gasteiger charge is 2.08. The Morgan fingerprint density at radius 2 is 2.06 bits per heavy atom. The summed E-state index contributed by atoms with van der Waals surface area (Å²) in [6.07, 6.45) is 0. The first kappa shape index (κ1) is 12.7. The molecule has 0 radical (unpaired) electrons. The Hall–Kier alpha value is -1.40. The maximum Gasteiger partial charge on any atom is 0.218 e. The van der Waals surface area contributed by atoms with Gasteiger partial charge in [0.2, 0.25) is 5.88 Å². The average Bonchev–Trinajstić information content (AvgIpc) is 2.25. The number of hydrogen-bond donors (Lipinski definition) is 3. The standard InChI is InChI=1S/C10H17N3O3/c1-3-16-10-4-9(11-7(2)12-10)13-8(5-14)6-15/h4,8,14-15H,3,5-6H2,1-2H3,(H,11,12,13). The van der Waals surface area contributed by atoms with Crippen molar-refractivity contribution in [2.45, 2.75) is 19.9 Å². The van der Waals surface area contributed by atoms with Crippen LogP contribution in [0, 0.1) is 6.92 Å². The van der Waals surface area contributed by atoms with Crippen molar-refractivity contribution in [3.8, 4) is 5.88 Å². The fraction of sp³-hybridized carbons (Fsp3) is 0.600. The summed E-state index contributed by atoms with van der Waals surface area (Å²) < 4.78 is 5.26. The third kappa shape index (κ3) is 3.63. The average molecular weight is 227 g/mol. The topological polar surface area (TPSA) is 87.5 Å². The molecule has 0 aliphatic heterocycles. The van der Waals surface area contributed by atoms with Crippen LogP contribution in [0.25, 0.3) is 0 Å². The molecule has 0 bridgehead atoms. The van der Waals surface area contributed by atoms with Crippen molar-refractivity contribution in [2.75, 3.05) is 25.1 Å². The van der Waals surface area contributed by atoms with Gasteiger partial charge in [-0.3, -0.25) is 0 Å². The summed E-state index contributed by atoms with van der Waals surface area (Å²) in [5.74, 6) is 1.58. The van der Waals surface area contributed by atoms with Gasteiger partial charge in [0.25, 0.3) is 0 Å². The molecule has 0 spiro atoms. The number of aliphatic hydroxyl groups excluding tert-OH is 2. The molecule has 90 valence electrons. The number of rotatable bonds is 6. The largest absolute Gasteiger partial charge is 0.478 e. The van der Waals surface area contributed by atoms with Gasteiger partial charge in [0.15, 0.2) is 0 Å². The van der Waals surface area contributed by atoms with E-state index in [9.17, 15) is 0 Å². The normalized spacial score (nSPS) is 10.6. The quantitative estimate of drug-likeness (QED) is 0.631. The molecule has 0 saturated heterocycles. The molecule has 0 amide bonds. The third-order valence-corrected chi connectivity index (χ3v) is 1.90. The maximum absolute atomic E-state index is 8.93. The van der Waals surface area contributed by atoms with Crippen molar-refractivity contribution in [1.29, 1.82) is 0 Å². The SMILES string of the molecule is CCOc1cc(NC(CO)CO)nc(C)n1. The van der Waals surface area contributed by atoms with Crippen LogP contribution >= 0.6 is 0 Å². The number of nitrogens with zero attached hydrogens (tertiary/aromatic N) is 2. The lowest BCUT2D eigenvalue weighted by Gasteiger charge is -2.14. The molecule has 1 rings (SSSR count). The van der Waals surface area contributed by atoms with Crippen molar-refractivity contribution < 1.29 is 14.9 Å². The predicted octanol–water partition coefficient (Wildman–Crippen LogP) is -0.0512. The van der Waals surface area contributed by atoms with Crippen molar-refractivity contribution in [2.24, 2.45) is 0 Å². The van der Waals surface area contributed by atoms with Gasteiger partial charge in [-0.15, -0.1) is 0 Å². The Bertz CT molecular complexity index is 329. The van der Waals surface area contributed by atoms with Gasteiger partial charge >= 0.3 is 0 Å². The number of aromatic nitrogens is 2. The molecule has 1 aromatic rings. The van der Waals surface area contributed by atoms with E-state index < -0.39 is 6.04 Å². The van der Waals surface area contributed by atoms with E-state index in [2.05, 4.69) is 15.3 Å². The van der Waals surface area contributed by atoms with Gasteiger partial charge in [0.05, 0.1) is 25.9 Å². The third-order valence-electron chi connectivity index (χ3n) is 1.90. The van der Waals surface area contributed by atoms with Crippen LogP contribution in [-0.4, -0.2) is 46.0 Å². The number of aliphatic hydroxyl groups is 2. The molecule has 0 saturated carbocycles. The van der Waals surface area contributed by atoms with Gasteiger partial charge in [-0.05, 0) is 13.8 Å². The number of aryl methyl sites for hydroxylation is 1. The molecule has 0 unspecified atom stereocenters. The summed E-state index contributed by atoms with van der Waals surface area (Å²) in [5, 5.41) is 20.8. The Balaban J connectivity index is 2.78. The molecule has 0 fully saturated rings. The monoisotopic (exact) mass is 227 g/mol. The molecule has 16 heavy (non-hydrogen) atoms. The summed E-state index contributed by atoms with van der Waals surface area (Å²) in [6.45, 7) is 3.82. The van der Waals surface area contributed by atoms with E-state index in [-0.39, 0.29) is 13.2 Å². The maximum atomic E-state index is 8.93. The van der Waals surface area contributed by atoms with Crippen LogP contribution in [0.2, 0.25) is 0 Å². The zero-order valence-electron chi connectivity index (χ0n) is 9.47. The number of anilines is 1. The Morgan fingerprint density at radius 3 is 2.62 bits per heavy atom. The first-order chi connectivity index (χ1) is 7.69. The summed E-state index contributed by atoms with van der Waals surface area (Å²) in [5.41, 5.74) is 0. The highest BCUT2D eigenvalue weighted by Crippen LogP contribution is 2.13. The summed E-state index contributed by atoms with van der Waals surface area (Å²) in [4.78, 5) is 8.21. The second kappa shape index (κ2) is 6.24. The molecular weight excluding hydrogens is 210 g/mol. The molecule has 1 heterocycles. The van der Waals surface area contributed by atoms with E-state index in [0.29, 0.717) is 24.1 Å². The van der Waals surface area contributed by atoms with Crippen LogP contribution in [-0.2, 0) is 0 Å². The predicted molar refractivity (Wildman–Crippen MR) is 59.5 cm³/mol. The van der Waals surface area contributed by atoms with Crippen LogP contribution in [0.4, 0.5) is 5.82 Å². The molecule has 3 N–H and O–H groups in total. The van der Waals surface area contributed by atoms with Crippen LogP contribution in [0.3, 0.4) is 0 Å². The lowest BCUT2D eigenvalue weighted by Crippen LogP contribution is -2.28. The van der Waals surface area contributed by atoms with E-state index in [1.165, 1.54) is 0 Å². The van der Waals surface area contributed by atoms with Gasteiger partial charge in [0, 0.05) is 6.07 Å². The summed E-state index contributed by atoms with van der Waals surface area (Å²) in [7, 11) is 0. The molecule has 0 aromatic carbocycles. The van der Waals surface area contributed by atoms with E-state index >= 15 is 0 Å². The second-order valence-electron chi connectivity index (χ2n) is 3.28. The molecule has 1 aromatic heterocycles. The van der Waals surface area contributed by atoms with Gasteiger partial charge in [0.1, 0.15) is 11.6 Å². The Labute approximate surface area is 94.3 Å². The fourth-order valence-electron chi connectivity index (χ4n) is 1.19. The van der Waals surface area contributed by atoms with Crippen molar-refractivity contribution >= 4 is 5.82 Å². The Kier molecular flexibility index (Phi) is 4.94. The van der Waals surface area contributed by atoms with Crippen LogP contribution < -0.4 is 10.1 Å². The summed E-state index contributed by atoms with van der Waals surface area (Å²) in [6, 6.07) is 1.21. The van der Waals surface area contributed by atoms with Gasteiger partial charge in [-0.2, -0.15) is 4.98 Å². The van der Waals surface area contributed by atoms with Crippen LogP contribution in [0.15, 0.2) is 6.07 Å². The highest BCUT2D eigenvalue weighted by atomic mass is 16.5. The molecule has 0 atom stereocenters. The van der Waals surface area contributed by atoms with Gasteiger partial charge in [-0.1, -0.05) is 0 Å². The van der Waals surface area contributed by atoms with Gasteiger partial charge in [-0.25, -0.2) is 4.98 Å². The minimum absolute atomic E-state index is 0.163. The minimum Gasteiger partial charge on any atom is -0.478 e. The zero-order valence-corrected chi connectivity index (χ0v) is 9.47. The lowest BCUT2D eigenvalue weighted by molar-refractivity contribution is 0.203. The smallest absolute Gasteiger partial charge is 0.218 e. The summed E-state index contributed by atoms with van der Waals surface area (Å²) >= 11 is 0. The minimum atomic E-state index is -0.427. The van der Waals surface area contributed by atoms with Crippen LogP contribution in [0.5, 0.6) is 5.88 Å². The molecule has 6 nitrogen and oxygen atoms in total. The molecule has 0 aliphatic rings. The first-order valence-electron chi connectivity index (χ1n) is 5.16. The first-order valence-corrected chi connectivity index (χ1v) is 5.16. The molecular formula is C10H17N3O3. The van der Waals surface area contributed by atoms with E-state index in [1.807, 2.05) is 6.92 Å². The van der Waals surface area contributed by atoms with Crippen molar-refractivity contribution in [3.63, 3.8) is 0 Å². The van der Waals surface area contributed by atoms with E-state index in [1.54, 1.807) is 13.0 Å². The number of hydrogen-bond acceptors (Lipinski definition) is 6. The highest BCUT2D eigenvalue weighted by molar-refractivity contribution is 5.39. The number of nitrogens with one attached hydrogen (secondary N) is 1. The van der Waals surface area contributed by atoms with E-state index in [4.69, 9.17) is 14.9 Å². The number of ether oxygens (including phenoxy) is 1. The Morgan fingerprint density at radius 1 is 1.38 bits per heavy atom. The van der Waals surface area contributed by atoms with Gasteiger partial charge < -0.3 is 20.3 Å².